The first-order chi connectivity index (χ1) is 9.97. The van der Waals surface area contributed by atoms with Crippen LogP contribution >= 0.6 is 0 Å². The van der Waals surface area contributed by atoms with Gasteiger partial charge in [0.15, 0.2) is 0 Å². The van der Waals surface area contributed by atoms with Gasteiger partial charge in [-0.15, -0.1) is 0 Å². The van der Waals surface area contributed by atoms with Crippen LogP contribution in [-0.2, 0) is 9.59 Å². The molecule has 1 aromatic rings. The van der Waals surface area contributed by atoms with Crippen LogP contribution in [0.3, 0.4) is 0 Å². The summed E-state index contributed by atoms with van der Waals surface area (Å²) in [6, 6.07) is 7.94. The van der Waals surface area contributed by atoms with E-state index in [0.717, 1.165) is 24.1 Å². The van der Waals surface area contributed by atoms with Gasteiger partial charge < -0.3 is 10.2 Å². The van der Waals surface area contributed by atoms with Gasteiger partial charge in [-0.05, 0) is 37.5 Å². The first-order valence-electron chi connectivity index (χ1n) is 6.90. The molecular formula is C15H20N4O2. The van der Waals surface area contributed by atoms with Crippen molar-refractivity contribution in [2.45, 2.75) is 25.8 Å². The van der Waals surface area contributed by atoms with Gasteiger partial charge in [-0.3, -0.25) is 9.59 Å². The molecule has 1 aliphatic carbocycles. The molecule has 0 aromatic heterocycles. The number of amides is 2. The van der Waals surface area contributed by atoms with Gasteiger partial charge in [0.1, 0.15) is 0 Å². The Morgan fingerprint density at radius 1 is 1.14 bits per heavy atom. The highest BCUT2D eigenvalue weighted by molar-refractivity contribution is 6.35. The lowest BCUT2D eigenvalue weighted by Crippen LogP contribution is -2.39. The molecular weight excluding hydrogens is 268 g/mol. The second kappa shape index (κ2) is 6.39. The van der Waals surface area contributed by atoms with Gasteiger partial charge in [-0.25, -0.2) is 5.43 Å². The van der Waals surface area contributed by atoms with Crippen LogP contribution < -0.4 is 15.6 Å². The summed E-state index contributed by atoms with van der Waals surface area (Å²) in [6.07, 6.45) is 1.89. The maximum absolute atomic E-state index is 11.5. The second-order valence-corrected chi connectivity index (χ2v) is 5.33. The van der Waals surface area contributed by atoms with Crippen molar-refractivity contribution >= 4 is 23.2 Å². The number of carbonyl (C=O) groups excluding carboxylic acids is 2. The molecule has 112 valence electrons. The largest absolute Gasteiger partial charge is 0.378 e. The number of nitrogens with zero attached hydrogens (tertiary/aromatic N) is 2. The van der Waals surface area contributed by atoms with Crippen molar-refractivity contribution in [3.63, 3.8) is 0 Å². The van der Waals surface area contributed by atoms with E-state index in [4.69, 9.17) is 0 Å². The summed E-state index contributed by atoms with van der Waals surface area (Å²) in [6.45, 7) is 1.78. The molecule has 1 fully saturated rings. The number of hydrazone groups is 1. The van der Waals surface area contributed by atoms with E-state index in [1.54, 1.807) is 6.92 Å². The van der Waals surface area contributed by atoms with Crippen LogP contribution in [0, 0.1) is 0 Å². The molecule has 2 amide bonds. The lowest BCUT2D eigenvalue weighted by atomic mass is 10.1. The minimum atomic E-state index is -0.730. The summed E-state index contributed by atoms with van der Waals surface area (Å²) in [7, 11) is 3.93. The fourth-order valence-corrected chi connectivity index (χ4v) is 1.73. The van der Waals surface area contributed by atoms with Crippen molar-refractivity contribution in [2.75, 3.05) is 19.0 Å². The molecule has 1 saturated carbocycles. The van der Waals surface area contributed by atoms with Crippen LogP contribution in [-0.4, -0.2) is 37.7 Å². The number of carbonyl (C=O) groups is 2. The van der Waals surface area contributed by atoms with Crippen LogP contribution in [0.2, 0.25) is 0 Å². The number of hydrogen-bond acceptors (Lipinski definition) is 4. The van der Waals surface area contributed by atoms with Crippen LogP contribution in [0.15, 0.2) is 29.4 Å². The number of hydrogen-bond donors (Lipinski definition) is 2. The number of nitrogens with one attached hydrogen (secondary N) is 2. The quantitative estimate of drug-likeness (QED) is 0.490. The number of rotatable bonds is 4. The first kappa shape index (κ1) is 15.0. The molecule has 2 rings (SSSR count). The average Bonchev–Trinajstić information content (AvgIpc) is 3.28. The van der Waals surface area contributed by atoms with Gasteiger partial charge in [-0.1, -0.05) is 12.1 Å². The van der Waals surface area contributed by atoms with Gasteiger partial charge in [0.2, 0.25) is 0 Å². The Balaban J connectivity index is 1.93. The zero-order chi connectivity index (χ0) is 15.4. The summed E-state index contributed by atoms with van der Waals surface area (Å²) < 4.78 is 0. The van der Waals surface area contributed by atoms with Crippen LogP contribution in [0.1, 0.15) is 25.3 Å². The van der Waals surface area contributed by atoms with Crippen molar-refractivity contribution in [1.29, 1.82) is 0 Å². The van der Waals surface area contributed by atoms with E-state index in [-0.39, 0.29) is 6.04 Å². The zero-order valence-electron chi connectivity index (χ0n) is 12.5. The standard InChI is InChI=1S/C15H20N4O2/c1-10(11-4-8-13(9-5-11)19(2)3)17-18-15(21)14(20)16-12-6-7-12/h4-5,8-9,12H,6-7H2,1-3H3,(H,16,20)(H,18,21)/b17-10-. The Bertz CT molecular complexity index is 560. The van der Waals surface area contributed by atoms with E-state index in [1.165, 1.54) is 0 Å². The summed E-state index contributed by atoms with van der Waals surface area (Å²) in [4.78, 5) is 25.0. The maximum Gasteiger partial charge on any atom is 0.329 e. The zero-order valence-corrected chi connectivity index (χ0v) is 12.5. The SMILES string of the molecule is C/C(=N/NC(=O)C(=O)NC1CC1)c1ccc(N(C)C)cc1. The van der Waals surface area contributed by atoms with Gasteiger partial charge in [0, 0.05) is 25.8 Å². The molecule has 0 atom stereocenters. The smallest absolute Gasteiger partial charge is 0.329 e. The van der Waals surface area contributed by atoms with Crippen LogP contribution in [0.5, 0.6) is 0 Å². The first-order valence-corrected chi connectivity index (χ1v) is 6.90. The molecule has 0 aliphatic heterocycles. The monoisotopic (exact) mass is 288 g/mol. The molecule has 6 heteroatoms. The predicted octanol–water partition coefficient (Wildman–Crippen LogP) is 0.871. The molecule has 6 nitrogen and oxygen atoms in total. The van der Waals surface area contributed by atoms with E-state index in [9.17, 15) is 9.59 Å². The minimum absolute atomic E-state index is 0.159. The summed E-state index contributed by atoms with van der Waals surface area (Å²) in [5.74, 6) is -1.36. The molecule has 21 heavy (non-hydrogen) atoms. The van der Waals surface area contributed by atoms with E-state index >= 15 is 0 Å². The molecule has 0 unspecified atom stereocenters. The van der Waals surface area contributed by atoms with E-state index in [1.807, 2.05) is 43.3 Å². The van der Waals surface area contributed by atoms with Gasteiger partial charge in [-0.2, -0.15) is 5.10 Å². The van der Waals surface area contributed by atoms with Crippen LogP contribution in [0.4, 0.5) is 5.69 Å². The molecule has 0 radical (unpaired) electrons. The molecule has 2 N–H and O–H groups in total. The Kier molecular flexibility index (Phi) is 4.57. The van der Waals surface area contributed by atoms with Crippen molar-refractivity contribution in [3.05, 3.63) is 29.8 Å². The summed E-state index contributed by atoms with van der Waals surface area (Å²) in [5, 5.41) is 6.57. The predicted molar refractivity (Wildman–Crippen MR) is 82.3 cm³/mol. The third kappa shape index (κ3) is 4.30. The molecule has 0 heterocycles. The number of benzene rings is 1. The number of anilines is 1. The maximum atomic E-state index is 11.5. The topological polar surface area (TPSA) is 73.8 Å². The van der Waals surface area contributed by atoms with E-state index in [0.29, 0.717) is 5.71 Å². The lowest BCUT2D eigenvalue weighted by Gasteiger charge is -2.12. The van der Waals surface area contributed by atoms with Gasteiger partial charge in [0.05, 0.1) is 5.71 Å². The minimum Gasteiger partial charge on any atom is -0.378 e. The van der Waals surface area contributed by atoms with Crippen molar-refractivity contribution in [3.8, 4) is 0 Å². The Morgan fingerprint density at radius 3 is 2.29 bits per heavy atom. The van der Waals surface area contributed by atoms with E-state index < -0.39 is 11.8 Å². The molecule has 0 saturated heterocycles. The van der Waals surface area contributed by atoms with Crippen LogP contribution in [0.25, 0.3) is 0 Å². The highest BCUT2D eigenvalue weighted by Gasteiger charge is 2.26. The second-order valence-electron chi connectivity index (χ2n) is 5.33. The highest BCUT2D eigenvalue weighted by Crippen LogP contribution is 2.18. The van der Waals surface area contributed by atoms with Crippen molar-refractivity contribution in [1.82, 2.24) is 10.7 Å². The fourth-order valence-electron chi connectivity index (χ4n) is 1.73. The highest BCUT2D eigenvalue weighted by atomic mass is 16.2. The normalized spacial score (nSPS) is 14.5. The molecule has 1 aromatic carbocycles. The average molecular weight is 288 g/mol. The molecule has 0 bridgehead atoms. The molecule has 1 aliphatic rings. The lowest BCUT2D eigenvalue weighted by molar-refractivity contribution is -0.139. The Morgan fingerprint density at radius 2 is 1.76 bits per heavy atom. The molecule has 0 spiro atoms. The van der Waals surface area contributed by atoms with Gasteiger partial charge >= 0.3 is 11.8 Å². The fraction of sp³-hybridized carbons (Fsp3) is 0.400. The summed E-state index contributed by atoms with van der Waals surface area (Å²) >= 11 is 0. The van der Waals surface area contributed by atoms with Crippen molar-refractivity contribution in [2.24, 2.45) is 5.10 Å². The third-order valence-corrected chi connectivity index (χ3v) is 3.25. The summed E-state index contributed by atoms with van der Waals surface area (Å²) in [5.41, 5.74) is 4.90. The third-order valence-electron chi connectivity index (χ3n) is 3.25. The van der Waals surface area contributed by atoms with Gasteiger partial charge in [0.25, 0.3) is 0 Å². The Labute approximate surface area is 124 Å². The van der Waals surface area contributed by atoms with E-state index in [2.05, 4.69) is 15.8 Å². The Hall–Kier alpha value is -2.37. The van der Waals surface area contributed by atoms with Crippen molar-refractivity contribution < 1.29 is 9.59 Å².